The molecular formula is C13H14ClNO2. The van der Waals surface area contributed by atoms with Crippen LogP contribution in [0, 0.1) is 5.92 Å². The predicted molar refractivity (Wildman–Crippen MR) is 65.2 cm³/mol. The Morgan fingerprint density at radius 3 is 3.12 bits per heavy atom. The summed E-state index contributed by atoms with van der Waals surface area (Å²) in [4.78, 5) is 12.0. The van der Waals surface area contributed by atoms with Gasteiger partial charge in [0.15, 0.2) is 0 Å². The molecule has 0 bridgehead atoms. The number of carbonyl (C=O) groups excluding carboxylic acids is 1. The standard InChI is InChI=1S/C13H14ClNO2/c14-9-3-1-2-8(6-9)13(16)15-11-7-12-10(11)4-5-17-12/h1-3,6,10-12H,4-5,7H2,(H,15,16)/t10-,11+,12+/m1/s1. The maximum Gasteiger partial charge on any atom is 0.251 e. The number of nitrogens with one attached hydrogen (secondary N) is 1. The summed E-state index contributed by atoms with van der Waals surface area (Å²) in [6.07, 6.45) is 2.38. The molecule has 1 N–H and O–H groups in total. The summed E-state index contributed by atoms with van der Waals surface area (Å²) in [6.45, 7) is 0.832. The number of carbonyl (C=O) groups is 1. The van der Waals surface area contributed by atoms with E-state index in [-0.39, 0.29) is 11.9 Å². The maximum atomic E-state index is 12.0. The van der Waals surface area contributed by atoms with Crippen LogP contribution in [-0.2, 0) is 4.74 Å². The molecule has 1 saturated carbocycles. The molecule has 1 saturated heterocycles. The Morgan fingerprint density at radius 1 is 1.47 bits per heavy atom. The molecule has 0 aromatic heterocycles. The molecule has 1 aliphatic heterocycles. The van der Waals surface area contributed by atoms with Gasteiger partial charge in [-0.2, -0.15) is 0 Å². The van der Waals surface area contributed by atoms with E-state index in [2.05, 4.69) is 5.32 Å². The molecule has 1 heterocycles. The fraction of sp³-hybridized carbons (Fsp3) is 0.462. The lowest BCUT2D eigenvalue weighted by molar-refractivity contribution is 0.00810. The molecule has 2 aliphatic rings. The Labute approximate surface area is 105 Å². The summed E-state index contributed by atoms with van der Waals surface area (Å²) in [7, 11) is 0. The minimum absolute atomic E-state index is 0.0390. The molecule has 3 atom stereocenters. The quantitative estimate of drug-likeness (QED) is 0.876. The molecule has 1 amide bonds. The minimum atomic E-state index is -0.0390. The average molecular weight is 252 g/mol. The molecule has 0 unspecified atom stereocenters. The van der Waals surface area contributed by atoms with E-state index in [0.29, 0.717) is 22.6 Å². The monoisotopic (exact) mass is 251 g/mol. The highest BCUT2D eigenvalue weighted by Gasteiger charge is 2.45. The van der Waals surface area contributed by atoms with Crippen LogP contribution in [-0.4, -0.2) is 24.7 Å². The highest BCUT2D eigenvalue weighted by Crippen LogP contribution is 2.38. The predicted octanol–water partition coefficient (Wildman–Crippen LogP) is 2.25. The van der Waals surface area contributed by atoms with Gasteiger partial charge in [0.05, 0.1) is 6.10 Å². The van der Waals surface area contributed by atoms with Gasteiger partial charge in [-0.15, -0.1) is 0 Å². The Balaban J connectivity index is 1.64. The number of benzene rings is 1. The number of hydrogen-bond acceptors (Lipinski definition) is 2. The lowest BCUT2D eigenvalue weighted by atomic mass is 9.76. The van der Waals surface area contributed by atoms with E-state index in [1.807, 2.05) is 0 Å². The Bertz CT molecular complexity index is 449. The second kappa shape index (κ2) is 4.31. The van der Waals surface area contributed by atoms with Crippen LogP contribution in [0.5, 0.6) is 0 Å². The van der Waals surface area contributed by atoms with Crippen molar-refractivity contribution in [1.82, 2.24) is 5.32 Å². The second-order valence-corrected chi connectivity index (χ2v) is 5.12. The first kappa shape index (κ1) is 11.1. The zero-order valence-electron chi connectivity index (χ0n) is 9.36. The van der Waals surface area contributed by atoms with Gasteiger partial charge in [-0.1, -0.05) is 17.7 Å². The smallest absolute Gasteiger partial charge is 0.251 e. The average Bonchev–Trinajstić information content (AvgIpc) is 2.67. The molecule has 0 spiro atoms. The van der Waals surface area contributed by atoms with Gasteiger partial charge in [0, 0.05) is 29.2 Å². The third kappa shape index (κ3) is 2.05. The molecule has 0 radical (unpaired) electrons. The fourth-order valence-electron chi connectivity index (χ4n) is 2.64. The summed E-state index contributed by atoms with van der Waals surface area (Å²) >= 11 is 5.86. The van der Waals surface area contributed by atoms with Crippen molar-refractivity contribution in [3.05, 3.63) is 34.9 Å². The number of rotatable bonds is 2. The van der Waals surface area contributed by atoms with Crippen molar-refractivity contribution in [2.75, 3.05) is 6.61 Å². The third-order valence-corrected chi connectivity index (χ3v) is 3.90. The van der Waals surface area contributed by atoms with Gasteiger partial charge in [-0.05, 0) is 31.0 Å². The summed E-state index contributed by atoms with van der Waals surface area (Å²) < 4.78 is 5.52. The number of ether oxygens (including phenoxy) is 1. The van der Waals surface area contributed by atoms with Gasteiger partial charge >= 0.3 is 0 Å². The molecule has 2 fully saturated rings. The van der Waals surface area contributed by atoms with Crippen LogP contribution in [0.25, 0.3) is 0 Å². The van der Waals surface area contributed by atoms with Crippen LogP contribution in [0.15, 0.2) is 24.3 Å². The van der Waals surface area contributed by atoms with Crippen LogP contribution in [0.1, 0.15) is 23.2 Å². The van der Waals surface area contributed by atoms with Crippen LogP contribution in [0.4, 0.5) is 0 Å². The SMILES string of the molecule is O=C(N[C@H]1C[C@@H]2OCC[C@H]12)c1cccc(Cl)c1. The zero-order chi connectivity index (χ0) is 11.8. The van der Waals surface area contributed by atoms with Crippen LogP contribution in [0.3, 0.4) is 0 Å². The normalized spacial score (nSPS) is 30.5. The first-order chi connectivity index (χ1) is 8.24. The van der Waals surface area contributed by atoms with E-state index >= 15 is 0 Å². The maximum absolute atomic E-state index is 12.0. The lowest BCUT2D eigenvalue weighted by Crippen LogP contribution is -2.53. The van der Waals surface area contributed by atoms with E-state index in [1.165, 1.54) is 0 Å². The van der Waals surface area contributed by atoms with E-state index < -0.39 is 0 Å². The molecule has 1 aliphatic carbocycles. The second-order valence-electron chi connectivity index (χ2n) is 4.69. The Kier molecular flexibility index (Phi) is 2.81. The van der Waals surface area contributed by atoms with E-state index in [4.69, 9.17) is 16.3 Å². The van der Waals surface area contributed by atoms with Gasteiger partial charge in [0.2, 0.25) is 0 Å². The van der Waals surface area contributed by atoms with Crippen LogP contribution < -0.4 is 5.32 Å². The largest absolute Gasteiger partial charge is 0.378 e. The summed E-state index contributed by atoms with van der Waals surface area (Å²) in [5.41, 5.74) is 0.625. The molecule has 4 heteroatoms. The van der Waals surface area contributed by atoms with Gasteiger partial charge in [0.25, 0.3) is 5.91 Å². The number of amides is 1. The van der Waals surface area contributed by atoms with Crippen LogP contribution >= 0.6 is 11.6 Å². The van der Waals surface area contributed by atoms with E-state index in [1.54, 1.807) is 24.3 Å². The van der Waals surface area contributed by atoms with Crippen molar-refractivity contribution in [3.8, 4) is 0 Å². The molecule has 1 aromatic rings. The highest BCUT2D eigenvalue weighted by atomic mass is 35.5. The van der Waals surface area contributed by atoms with Crippen molar-refractivity contribution in [1.29, 1.82) is 0 Å². The Hall–Kier alpha value is -1.06. The first-order valence-corrected chi connectivity index (χ1v) is 6.30. The molecule has 90 valence electrons. The molecule has 3 nitrogen and oxygen atoms in total. The minimum Gasteiger partial charge on any atom is -0.378 e. The van der Waals surface area contributed by atoms with Crippen molar-refractivity contribution in [2.45, 2.75) is 25.0 Å². The van der Waals surface area contributed by atoms with Crippen molar-refractivity contribution in [2.24, 2.45) is 5.92 Å². The Morgan fingerprint density at radius 2 is 2.35 bits per heavy atom. The molecule has 3 rings (SSSR count). The van der Waals surface area contributed by atoms with E-state index in [0.717, 1.165) is 19.4 Å². The van der Waals surface area contributed by atoms with Crippen molar-refractivity contribution >= 4 is 17.5 Å². The highest BCUT2D eigenvalue weighted by molar-refractivity contribution is 6.30. The molecular weight excluding hydrogens is 238 g/mol. The third-order valence-electron chi connectivity index (χ3n) is 3.67. The number of hydrogen-bond donors (Lipinski definition) is 1. The lowest BCUT2D eigenvalue weighted by Gasteiger charge is -2.39. The first-order valence-electron chi connectivity index (χ1n) is 5.92. The van der Waals surface area contributed by atoms with Crippen LogP contribution in [0.2, 0.25) is 5.02 Å². The summed E-state index contributed by atoms with van der Waals surface area (Å²) in [6, 6.07) is 7.30. The number of fused-ring (bicyclic) bond motifs is 1. The molecule has 1 aromatic carbocycles. The van der Waals surface area contributed by atoms with E-state index in [9.17, 15) is 4.79 Å². The summed E-state index contributed by atoms with van der Waals surface area (Å²) in [5, 5.41) is 3.64. The van der Waals surface area contributed by atoms with Gasteiger partial charge in [0.1, 0.15) is 0 Å². The molecule has 17 heavy (non-hydrogen) atoms. The van der Waals surface area contributed by atoms with Gasteiger partial charge < -0.3 is 10.1 Å². The number of halogens is 1. The van der Waals surface area contributed by atoms with Gasteiger partial charge in [-0.25, -0.2) is 0 Å². The summed E-state index contributed by atoms with van der Waals surface area (Å²) in [5.74, 6) is 0.473. The fourth-order valence-corrected chi connectivity index (χ4v) is 2.84. The zero-order valence-corrected chi connectivity index (χ0v) is 10.1. The van der Waals surface area contributed by atoms with Crippen molar-refractivity contribution in [3.63, 3.8) is 0 Å². The van der Waals surface area contributed by atoms with Crippen molar-refractivity contribution < 1.29 is 9.53 Å². The topological polar surface area (TPSA) is 38.3 Å². The van der Waals surface area contributed by atoms with Gasteiger partial charge in [-0.3, -0.25) is 4.79 Å².